The predicted octanol–water partition coefficient (Wildman–Crippen LogP) is 2.88. The zero-order valence-corrected chi connectivity index (χ0v) is 10.8. The minimum absolute atomic E-state index is 0.145. The Balaban J connectivity index is 2.12. The second-order valence-electron chi connectivity index (χ2n) is 3.80. The molecule has 0 unspecified atom stereocenters. The van der Waals surface area contributed by atoms with Gasteiger partial charge >= 0.3 is 0 Å². The Bertz CT molecular complexity index is 530. The monoisotopic (exact) mass is 267 g/mol. The lowest BCUT2D eigenvalue weighted by atomic mass is 10.2. The van der Waals surface area contributed by atoms with Gasteiger partial charge in [-0.25, -0.2) is 4.39 Å². The van der Waals surface area contributed by atoms with Crippen LogP contribution in [0.4, 0.5) is 4.39 Å². The summed E-state index contributed by atoms with van der Waals surface area (Å²) in [7, 11) is 0. The molecule has 0 spiro atoms. The Kier molecular flexibility index (Phi) is 4.22. The van der Waals surface area contributed by atoms with E-state index in [1.54, 1.807) is 12.1 Å². The highest BCUT2D eigenvalue weighted by Crippen LogP contribution is 2.26. The molecule has 0 aliphatic rings. The van der Waals surface area contributed by atoms with Crippen molar-refractivity contribution in [2.24, 2.45) is 5.73 Å². The van der Waals surface area contributed by atoms with Gasteiger partial charge in [-0.15, -0.1) is 0 Å². The van der Waals surface area contributed by atoms with E-state index in [1.807, 2.05) is 6.92 Å². The molecule has 0 bridgehead atoms. The minimum atomic E-state index is -0.440. The van der Waals surface area contributed by atoms with Crippen molar-refractivity contribution in [2.45, 2.75) is 26.3 Å². The summed E-state index contributed by atoms with van der Waals surface area (Å²) in [6.45, 7) is 2.35. The largest absolute Gasteiger partial charge is 0.427 e. The molecule has 0 aliphatic carbocycles. The molecule has 0 aliphatic heterocycles. The van der Waals surface area contributed by atoms with Gasteiger partial charge in [0, 0.05) is 24.5 Å². The number of halogens is 1. The molecular weight excluding hydrogens is 253 g/mol. The van der Waals surface area contributed by atoms with E-state index in [-0.39, 0.29) is 5.75 Å². The summed E-state index contributed by atoms with van der Waals surface area (Å²) in [5, 5.41) is 0.359. The fourth-order valence-electron chi connectivity index (χ4n) is 1.45. The average molecular weight is 267 g/mol. The van der Waals surface area contributed by atoms with Gasteiger partial charge in [-0.05, 0) is 24.1 Å². The number of ether oxygens (including phenoxy) is 1. The van der Waals surface area contributed by atoms with Crippen LogP contribution in [0.2, 0.25) is 0 Å². The van der Waals surface area contributed by atoms with Gasteiger partial charge in [-0.1, -0.05) is 13.0 Å². The molecule has 2 aromatic rings. The van der Waals surface area contributed by atoms with Gasteiger partial charge in [0.2, 0.25) is 0 Å². The van der Waals surface area contributed by atoms with E-state index in [9.17, 15) is 4.39 Å². The van der Waals surface area contributed by atoms with Crippen LogP contribution in [0.3, 0.4) is 0 Å². The maximum absolute atomic E-state index is 13.7. The van der Waals surface area contributed by atoms with Crippen LogP contribution in [-0.2, 0) is 13.0 Å². The van der Waals surface area contributed by atoms with Crippen LogP contribution in [-0.4, -0.2) is 9.36 Å². The number of rotatable bonds is 5. The normalized spacial score (nSPS) is 10.6. The lowest BCUT2D eigenvalue weighted by Crippen LogP contribution is -1.97. The topological polar surface area (TPSA) is 61.0 Å². The fraction of sp³-hybridized carbons (Fsp3) is 0.333. The van der Waals surface area contributed by atoms with E-state index in [0.717, 1.165) is 35.8 Å². The average Bonchev–Trinajstić information content (AvgIpc) is 2.80. The second-order valence-corrected chi connectivity index (χ2v) is 4.51. The Hall–Kier alpha value is -1.53. The number of aromatic nitrogens is 2. The van der Waals surface area contributed by atoms with Gasteiger partial charge < -0.3 is 10.5 Å². The molecule has 0 saturated heterocycles. The lowest BCUT2D eigenvalue weighted by molar-refractivity contribution is 0.438. The molecule has 96 valence electrons. The molecule has 1 heterocycles. The minimum Gasteiger partial charge on any atom is -0.427 e. The van der Waals surface area contributed by atoms with E-state index >= 15 is 0 Å². The van der Waals surface area contributed by atoms with Crippen molar-refractivity contribution in [3.8, 4) is 10.9 Å². The van der Waals surface area contributed by atoms with Crippen molar-refractivity contribution >= 4 is 11.5 Å². The van der Waals surface area contributed by atoms with Crippen LogP contribution in [0.15, 0.2) is 18.2 Å². The molecule has 1 aromatic heterocycles. The van der Waals surface area contributed by atoms with Crippen LogP contribution < -0.4 is 10.5 Å². The highest BCUT2D eigenvalue weighted by Gasteiger charge is 2.09. The van der Waals surface area contributed by atoms with Crippen molar-refractivity contribution in [3.63, 3.8) is 0 Å². The van der Waals surface area contributed by atoms with E-state index < -0.39 is 5.82 Å². The molecule has 2 rings (SSSR count). The van der Waals surface area contributed by atoms with Gasteiger partial charge in [0.05, 0.1) is 0 Å². The third-order valence-electron chi connectivity index (χ3n) is 2.35. The summed E-state index contributed by atoms with van der Waals surface area (Å²) in [6.07, 6.45) is 1.77. The Morgan fingerprint density at radius 3 is 2.94 bits per heavy atom. The van der Waals surface area contributed by atoms with Crippen molar-refractivity contribution in [1.29, 1.82) is 0 Å². The van der Waals surface area contributed by atoms with Gasteiger partial charge in [0.25, 0.3) is 5.19 Å². The Morgan fingerprint density at radius 1 is 1.44 bits per heavy atom. The number of aryl methyl sites for hydroxylation is 1. The second kappa shape index (κ2) is 5.88. The van der Waals surface area contributed by atoms with Crippen molar-refractivity contribution in [3.05, 3.63) is 35.4 Å². The van der Waals surface area contributed by atoms with E-state index in [0.29, 0.717) is 11.7 Å². The Labute approximate surface area is 109 Å². The first-order chi connectivity index (χ1) is 8.72. The molecule has 6 heteroatoms. The Morgan fingerprint density at radius 2 is 2.28 bits per heavy atom. The lowest BCUT2D eigenvalue weighted by Gasteiger charge is -2.04. The molecular formula is C12H14FN3OS. The number of hydrogen-bond donors (Lipinski definition) is 1. The molecule has 0 saturated carbocycles. The summed E-state index contributed by atoms with van der Waals surface area (Å²) in [4.78, 5) is 4.17. The van der Waals surface area contributed by atoms with Crippen LogP contribution in [0.5, 0.6) is 10.9 Å². The SMILES string of the molecule is CCCc1nsc(Oc2ccc(CN)cc2F)n1. The third kappa shape index (κ3) is 3.02. The molecule has 2 N–H and O–H groups in total. The van der Waals surface area contributed by atoms with Crippen molar-refractivity contribution < 1.29 is 9.13 Å². The van der Waals surface area contributed by atoms with Gasteiger partial charge in [-0.2, -0.15) is 9.36 Å². The summed E-state index contributed by atoms with van der Waals surface area (Å²) >= 11 is 1.13. The fourth-order valence-corrected chi connectivity index (χ4v) is 2.04. The van der Waals surface area contributed by atoms with Crippen molar-refractivity contribution in [2.75, 3.05) is 0 Å². The number of benzene rings is 1. The molecule has 4 nitrogen and oxygen atoms in total. The van der Waals surface area contributed by atoms with Gasteiger partial charge in [0.1, 0.15) is 5.82 Å². The number of hydrogen-bond acceptors (Lipinski definition) is 5. The molecule has 0 atom stereocenters. The maximum atomic E-state index is 13.7. The highest BCUT2D eigenvalue weighted by atomic mass is 32.1. The van der Waals surface area contributed by atoms with E-state index in [2.05, 4.69) is 9.36 Å². The van der Waals surface area contributed by atoms with Gasteiger partial charge in [0.15, 0.2) is 11.6 Å². The summed E-state index contributed by atoms with van der Waals surface area (Å²) in [6, 6.07) is 4.65. The van der Waals surface area contributed by atoms with Crippen LogP contribution >= 0.6 is 11.5 Å². The van der Waals surface area contributed by atoms with Crippen LogP contribution in [0.1, 0.15) is 24.7 Å². The first-order valence-electron chi connectivity index (χ1n) is 5.72. The summed E-state index contributed by atoms with van der Waals surface area (Å²) in [5.74, 6) is 0.438. The highest BCUT2D eigenvalue weighted by molar-refractivity contribution is 7.07. The van der Waals surface area contributed by atoms with Crippen molar-refractivity contribution in [1.82, 2.24) is 9.36 Å². The van der Waals surface area contributed by atoms with Gasteiger partial charge in [-0.3, -0.25) is 0 Å². The number of nitrogens with two attached hydrogens (primary N) is 1. The smallest absolute Gasteiger partial charge is 0.298 e. The molecule has 0 fully saturated rings. The standard InChI is InChI=1S/C12H14FN3OS/c1-2-3-11-15-12(18-16-11)17-10-5-4-8(7-14)6-9(10)13/h4-6H,2-3,7,14H2,1H3. The summed E-state index contributed by atoms with van der Waals surface area (Å²) < 4.78 is 23.1. The predicted molar refractivity (Wildman–Crippen MR) is 68.3 cm³/mol. The molecule has 1 aromatic carbocycles. The quantitative estimate of drug-likeness (QED) is 0.904. The van der Waals surface area contributed by atoms with E-state index in [1.165, 1.54) is 6.07 Å². The van der Waals surface area contributed by atoms with Crippen LogP contribution in [0.25, 0.3) is 0 Å². The van der Waals surface area contributed by atoms with E-state index in [4.69, 9.17) is 10.5 Å². The number of nitrogens with zero attached hydrogens (tertiary/aromatic N) is 2. The maximum Gasteiger partial charge on any atom is 0.298 e. The summed E-state index contributed by atoms with van der Waals surface area (Å²) in [5.41, 5.74) is 6.16. The first-order valence-corrected chi connectivity index (χ1v) is 6.49. The third-order valence-corrected chi connectivity index (χ3v) is 2.99. The zero-order chi connectivity index (χ0) is 13.0. The first kappa shape index (κ1) is 12.9. The zero-order valence-electron chi connectivity index (χ0n) is 10.0. The van der Waals surface area contributed by atoms with Crippen LogP contribution in [0, 0.1) is 5.82 Å². The molecule has 0 radical (unpaired) electrons. The molecule has 18 heavy (non-hydrogen) atoms. The molecule has 0 amide bonds.